The fourth-order valence-corrected chi connectivity index (χ4v) is 3.91. The standard InChI is InChI=1S/C23H22ClN7O3/c1-13-10-23(13,12-25)21(32)27-15-8-9-18(26-11-15)19-20(31(3)30-29-19)28-22(33)34-14(2)16-6-4-5-7-17(16)24/h4-9,11,13-14H,10H2,1-3H3,(H,27,32)(H,28,33)/t13?,14-,23?/m1/s1. The van der Waals surface area contributed by atoms with Crippen LogP contribution in [-0.4, -0.2) is 32.0 Å². The summed E-state index contributed by atoms with van der Waals surface area (Å²) in [7, 11) is 1.62. The number of halogens is 1. The topological polar surface area (TPSA) is 135 Å². The highest BCUT2D eigenvalue weighted by atomic mass is 35.5. The molecule has 1 saturated carbocycles. The van der Waals surface area contributed by atoms with Crippen LogP contribution in [0.25, 0.3) is 11.4 Å². The van der Waals surface area contributed by atoms with Gasteiger partial charge in [-0.15, -0.1) is 5.10 Å². The predicted octanol–water partition coefficient (Wildman–Crippen LogP) is 4.33. The Morgan fingerprint density at radius 3 is 2.65 bits per heavy atom. The zero-order valence-electron chi connectivity index (χ0n) is 18.7. The predicted molar refractivity (Wildman–Crippen MR) is 125 cm³/mol. The van der Waals surface area contributed by atoms with E-state index in [0.29, 0.717) is 34.1 Å². The molecular formula is C23H22ClN7O3. The molecule has 1 aliphatic rings. The van der Waals surface area contributed by atoms with E-state index in [0.717, 1.165) is 0 Å². The molecule has 34 heavy (non-hydrogen) atoms. The van der Waals surface area contributed by atoms with E-state index in [1.165, 1.54) is 10.9 Å². The lowest BCUT2D eigenvalue weighted by molar-refractivity contribution is -0.119. The van der Waals surface area contributed by atoms with Gasteiger partial charge in [0, 0.05) is 17.6 Å². The Morgan fingerprint density at radius 1 is 1.29 bits per heavy atom. The highest BCUT2D eigenvalue weighted by Gasteiger charge is 2.58. The number of benzene rings is 1. The summed E-state index contributed by atoms with van der Waals surface area (Å²) in [6, 6.07) is 12.5. The number of ether oxygens (including phenoxy) is 1. The van der Waals surface area contributed by atoms with Crippen molar-refractivity contribution in [2.75, 3.05) is 10.6 Å². The smallest absolute Gasteiger partial charge is 0.413 e. The van der Waals surface area contributed by atoms with Gasteiger partial charge in [-0.2, -0.15) is 5.26 Å². The first-order chi connectivity index (χ1) is 16.2. The molecule has 174 valence electrons. The van der Waals surface area contributed by atoms with E-state index in [1.807, 2.05) is 13.0 Å². The van der Waals surface area contributed by atoms with E-state index >= 15 is 0 Å². The first-order valence-electron chi connectivity index (χ1n) is 10.6. The van der Waals surface area contributed by atoms with Gasteiger partial charge in [-0.3, -0.25) is 15.1 Å². The van der Waals surface area contributed by atoms with Crippen molar-refractivity contribution in [3.05, 3.63) is 53.2 Å². The molecule has 2 aromatic heterocycles. The van der Waals surface area contributed by atoms with Crippen molar-refractivity contribution in [3.63, 3.8) is 0 Å². The first-order valence-corrected chi connectivity index (χ1v) is 10.9. The molecule has 2 amide bonds. The molecule has 11 heteroatoms. The van der Waals surface area contributed by atoms with Crippen molar-refractivity contribution in [2.45, 2.75) is 26.4 Å². The third-order valence-electron chi connectivity index (χ3n) is 5.85. The van der Waals surface area contributed by atoms with Crippen molar-refractivity contribution >= 4 is 35.1 Å². The van der Waals surface area contributed by atoms with Crippen LogP contribution in [0.2, 0.25) is 5.02 Å². The number of hydrogen-bond donors (Lipinski definition) is 2. The molecule has 0 saturated heterocycles. The number of aryl methyl sites for hydroxylation is 1. The zero-order chi connectivity index (χ0) is 24.5. The van der Waals surface area contributed by atoms with Crippen LogP contribution in [0.4, 0.5) is 16.3 Å². The maximum atomic E-state index is 12.5. The third kappa shape index (κ3) is 4.43. The van der Waals surface area contributed by atoms with E-state index in [-0.39, 0.29) is 17.6 Å². The summed E-state index contributed by atoms with van der Waals surface area (Å²) in [5.41, 5.74) is 0.916. The molecule has 1 aliphatic carbocycles. The SMILES string of the molecule is CC1CC1(C#N)C(=O)Nc1ccc(-c2nnn(C)c2NC(=O)O[C@H](C)c2ccccc2Cl)nc1. The largest absolute Gasteiger partial charge is 0.441 e. The Kier molecular flexibility index (Phi) is 6.22. The van der Waals surface area contributed by atoms with Gasteiger partial charge in [0.2, 0.25) is 5.91 Å². The lowest BCUT2D eigenvalue weighted by Crippen LogP contribution is -2.24. The minimum absolute atomic E-state index is 0.0262. The van der Waals surface area contributed by atoms with Gasteiger partial charge < -0.3 is 10.1 Å². The molecule has 3 aromatic rings. The molecule has 0 bridgehead atoms. The zero-order valence-corrected chi connectivity index (χ0v) is 19.5. The number of carbonyl (C=O) groups excluding carboxylic acids is 2. The van der Waals surface area contributed by atoms with Crippen LogP contribution >= 0.6 is 11.6 Å². The van der Waals surface area contributed by atoms with Gasteiger partial charge >= 0.3 is 6.09 Å². The normalized spacial score (nSPS) is 19.6. The summed E-state index contributed by atoms with van der Waals surface area (Å²) in [5, 5.41) is 23.2. The summed E-state index contributed by atoms with van der Waals surface area (Å²) < 4.78 is 6.85. The van der Waals surface area contributed by atoms with Crippen LogP contribution in [0.5, 0.6) is 0 Å². The fraction of sp³-hybridized carbons (Fsp3) is 0.304. The lowest BCUT2D eigenvalue weighted by atomic mass is 10.1. The molecular weight excluding hydrogens is 458 g/mol. The average Bonchev–Trinajstić information content (AvgIpc) is 3.37. The van der Waals surface area contributed by atoms with Crippen LogP contribution in [0.1, 0.15) is 31.9 Å². The number of pyridine rings is 1. The quantitative estimate of drug-likeness (QED) is 0.537. The lowest BCUT2D eigenvalue weighted by Gasteiger charge is -2.15. The third-order valence-corrected chi connectivity index (χ3v) is 6.20. The van der Waals surface area contributed by atoms with Crippen LogP contribution in [0.3, 0.4) is 0 Å². The molecule has 2 N–H and O–H groups in total. The monoisotopic (exact) mass is 479 g/mol. The van der Waals surface area contributed by atoms with Crippen LogP contribution in [0, 0.1) is 22.7 Å². The van der Waals surface area contributed by atoms with Gasteiger partial charge in [0.05, 0.1) is 23.6 Å². The van der Waals surface area contributed by atoms with Crippen LogP contribution < -0.4 is 10.6 Å². The number of carbonyl (C=O) groups is 2. The Bertz CT molecular complexity index is 1280. The molecule has 10 nitrogen and oxygen atoms in total. The molecule has 2 heterocycles. The van der Waals surface area contributed by atoms with Gasteiger partial charge in [-0.05, 0) is 37.5 Å². The second kappa shape index (κ2) is 9.11. The maximum Gasteiger partial charge on any atom is 0.413 e. The van der Waals surface area contributed by atoms with Crippen molar-refractivity contribution < 1.29 is 14.3 Å². The van der Waals surface area contributed by atoms with E-state index in [2.05, 4.69) is 32.0 Å². The minimum Gasteiger partial charge on any atom is -0.441 e. The fourth-order valence-electron chi connectivity index (χ4n) is 3.62. The maximum absolute atomic E-state index is 12.5. The van der Waals surface area contributed by atoms with Crippen molar-refractivity contribution in [2.24, 2.45) is 18.4 Å². The summed E-state index contributed by atoms with van der Waals surface area (Å²) in [6.07, 6.45) is 0.719. The molecule has 2 unspecified atom stereocenters. The van der Waals surface area contributed by atoms with Gasteiger partial charge in [-0.1, -0.05) is 41.9 Å². The first kappa shape index (κ1) is 23.2. The van der Waals surface area contributed by atoms with Crippen molar-refractivity contribution in [3.8, 4) is 17.5 Å². The molecule has 0 radical (unpaired) electrons. The number of aromatic nitrogens is 4. The number of anilines is 2. The Morgan fingerprint density at radius 2 is 2.03 bits per heavy atom. The number of rotatable bonds is 6. The van der Waals surface area contributed by atoms with Crippen LogP contribution in [0.15, 0.2) is 42.6 Å². The van der Waals surface area contributed by atoms with Gasteiger partial charge in [0.25, 0.3) is 0 Å². The van der Waals surface area contributed by atoms with E-state index < -0.39 is 17.6 Å². The van der Waals surface area contributed by atoms with E-state index in [4.69, 9.17) is 16.3 Å². The van der Waals surface area contributed by atoms with E-state index in [9.17, 15) is 14.9 Å². The highest BCUT2D eigenvalue weighted by molar-refractivity contribution is 6.31. The van der Waals surface area contributed by atoms with Gasteiger partial charge in [0.15, 0.2) is 11.5 Å². The Balaban J connectivity index is 1.45. The molecule has 1 fully saturated rings. The summed E-state index contributed by atoms with van der Waals surface area (Å²) >= 11 is 6.18. The second-order valence-electron chi connectivity index (χ2n) is 8.18. The summed E-state index contributed by atoms with van der Waals surface area (Å²) in [4.78, 5) is 29.3. The molecule has 1 aromatic carbocycles. The van der Waals surface area contributed by atoms with Gasteiger partial charge in [-0.25, -0.2) is 9.48 Å². The Hall–Kier alpha value is -3.97. The minimum atomic E-state index is -0.970. The summed E-state index contributed by atoms with van der Waals surface area (Å²) in [5.74, 6) is -0.0245. The number of hydrogen-bond acceptors (Lipinski definition) is 7. The number of nitriles is 1. The molecule has 3 atom stereocenters. The average molecular weight is 480 g/mol. The van der Waals surface area contributed by atoms with E-state index in [1.54, 1.807) is 44.3 Å². The number of nitrogens with one attached hydrogen (secondary N) is 2. The van der Waals surface area contributed by atoms with Crippen LogP contribution in [-0.2, 0) is 16.6 Å². The Labute approximate surface area is 200 Å². The van der Waals surface area contributed by atoms with Crippen molar-refractivity contribution in [1.29, 1.82) is 5.26 Å². The molecule has 0 aliphatic heterocycles. The van der Waals surface area contributed by atoms with Crippen molar-refractivity contribution in [1.82, 2.24) is 20.0 Å². The second-order valence-corrected chi connectivity index (χ2v) is 8.59. The number of amides is 2. The highest BCUT2D eigenvalue weighted by Crippen LogP contribution is 2.52. The summed E-state index contributed by atoms with van der Waals surface area (Å²) in [6.45, 7) is 3.59. The molecule has 0 spiro atoms. The molecule has 4 rings (SSSR count). The number of nitrogens with zero attached hydrogens (tertiary/aromatic N) is 5. The van der Waals surface area contributed by atoms with Gasteiger partial charge in [0.1, 0.15) is 11.5 Å².